The molecule has 1 aliphatic rings. The third-order valence-electron chi connectivity index (χ3n) is 4.88. The molecule has 2 heterocycles. The fourth-order valence-electron chi connectivity index (χ4n) is 3.31. The van der Waals surface area contributed by atoms with Crippen molar-refractivity contribution in [3.63, 3.8) is 0 Å². The van der Waals surface area contributed by atoms with E-state index >= 15 is 0 Å². The van der Waals surface area contributed by atoms with Crippen molar-refractivity contribution in [2.45, 2.75) is 5.03 Å². The van der Waals surface area contributed by atoms with E-state index in [0.29, 0.717) is 15.7 Å². The first-order valence-corrected chi connectivity index (χ1v) is 11.2. The molecule has 6 nitrogen and oxygen atoms in total. The Hall–Kier alpha value is -2.84. The summed E-state index contributed by atoms with van der Waals surface area (Å²) in [6, 6.07) is 17.4. The minimum atomic E-state index is -0.224. The summed E-state index contributed by atoms with van der Waals surface area (Å²) < 4.78 is 13.1. The van der Waals surface area contributed by atoms with E-state index in [0.717, 1.165) is 37.7 Å². The molecule has 1 fully saturated rings. The van der Waals surface area contributed by atoms with E-state index < -0.39 is 0 Å². The number of hydrogen-bond donors (Lipinski definition) is 1. The fourth-order valence-corrected chi connectivity index (χ4v) is 4.11. The molecule has 0 spiro atoms. The zero-order chi connectivity index (χ0) is 21.6. The Kier molecular flexibility index (Phi) is 6.89. The van der Waals surface area contributed by atoms with Gasteiger partial charge in [0.2, 0.25) is 5.91 Å². The van der Waals surface area contributed by atoms with Gasteiger partial charge in [-0.15, -0.1) is 10.2 Å². The van der Waals surface area contributed by atoms with Gasteiger partial charge in [-0.1, -0.05) is 29.4 Å². The Morgan fingerprint density at radius 2 is 1.74 bits per heavy atom. The highest BCUT2D eigenvalue weighted by atomic mass is 35.5. The predicted molar refractivity (Wildman–Crippen MR) is 124 cm³/mol. The van der Waals surface area contributed by atoms with Crippen molar-refractivity contribution in [1.82, 2.24) is 10.2 Å². The van der Waals surface area contributed by atoms with Gasteiger partial charge in [-0.25, -0.2) is 4.39 Å². The van der Waals surface area contributed by atoms with E-state index in [1.807, 2.05) is 12.1 Å². The zero-order valence-electron chi connectivity index (χ0n) is 16.7. The predicted octanol–water partition coefficient (Wildman–Crippen LogP) is 4.33. The molecule has 0 radical (unpaired) electrons. The van der Waals surface area contributed by atoms with Crippen LogP contribution in [0.2, 0.25) is 5.02 Å². The number of anilines is 3. The molecule has 2 aromatic carbocycles. The minimum Gasteiger partial charge on any atom is -0.368 e. The Bertz CT molecular complexity index is 1030. The standard InChI is InChI=1S/C22H21ClFN5OS/c23-16-2-1-3-18(14-16)25-21(30)15-31-22-9-8-20(26-27-22)29-12-10-28(11-13-29)19-6-4-17(24)5-7-19/h1-9,14H,10-13,15H2,(H,25,30). The first-order valence-electron chi connectivity index (χ1n) is 9.84. The number of rotatable bonds is 6. The van der Waals surface area contributed by atoms with Gasteiger partial charge in [0.25, 0.3) is 0 Å². The maximum atomic E-state index is 13.1. The van der Waals surface area contributed by atoms with Crippen molar-refractivity contribution in [3.8, 4) is 0 Å². The average Bonchev–Trinajstić information content (AvgIpc) is 2.79. The Morgan fingerprint density at radius 1 is 1.00 bits per heavy atom. The lowest BCUT2D eigenvalue weighted by Crippen LogP contribution is -2.46. The summed E-state index contributed by atoms with van der Waals surface area (Å²) in [6.45, 7) is 3.27. The Morgan fingerprint density at radius 3 is 2.42 bits per heavy atom. The second kappa shape index (κ2) is 9.98. The number of carbonyl (C=O) groups excluding carboxylic acids is 1. The summed E-state index contributed by atoms with van der Waals surface area (Å²) in [5.74, 6) is 0.691. The van der Waals surface area contributed by atoms with Crippen LogP contribution in [0.3, 0.4) is 0 Å². The summed E-state index contributed by atoms with van der Waals surface area (Å²) in [4.78, 5) is 16.5. The lowest BCUT2D eigenvalue weighted by atomic mass is 10.2. The Balaban J connectivity index is 1.25. The lowest BCUT2D eigenvalue weighted by molar-refractivity contribution is -0.113. The highest BCUT2D eigenvalue weighted by Gasteiger charge is 2.19. The first-order chi connectivity index (χ1) is 15.1. The van der Waals surface area contributed by atoms with E-state index in [4.69, 9.17) is 11.6 Å². The second-order valence-electron chi connectivity index (χ2n) is 7.03. The summed E-state index contributed by atoms with van der Waals surface area (Å²) >= 11 is 7.26. The van der Waals surface area contributed by atoms with Crippen LogP contribution in [-0.4, -0.2) is 48.0 Å². The van der Waals surface area contributed by atoms with Crippen molar-refractivity contribution in [2.24, 2.45) is 0 Å². The summed E-state index contributed by atoms with van der Waals surface area (Å²) in [5, 5.41) is 12.6. The summed E-state index contributed by atoms with van der Waals surface area (Å²) in [6.07, 6.45) is 0. The molecule has 1 aliphatic heterocycles. The third-order valence-corrected chi connectivity index (χ3v) is 6.04. The number of carbonyl (C=O) groups is 1. The summed E-state index contributed by atoms with van der Waals surface area (Å²) in [5.41, 5.74) is 1.69. The van der Waals surface area contributed by atoms with Gasteiger partial charge < -0.3 is 15.1 Å². The molecule has 1 amide bonds. The smallest absolute Gasteiger partial charge is 0.234 e. The molecule has 0 aliphatic carbocycles. The highest BCUT2D eigenvalue weighted by Crippen LogP contribution is 2.22. The number of benzene rings is 2. The van der Waals surface area contributed by atoms with E-state index in [2.05, 4.69) is 25.3 Å². The quantitative estimate of drug-likeness (QED) is 0.556. The molecule has 1 saturated heterocycles. The Labute approximate surface area is 189 Å². The second-order valence-corrected chi connectivity index (χ2v) is 8.46. The van der Waals surface area contributed by atoms with Crippen LogP contribution < -0.4 is 15.1 Å². The van der Waals surface area contributed by atoms with Gasteiger partial charge in [-0.2, -0.15) is 0 Å². The number of halogens is 2. The molecule has 0 atom stereocenters. The van der Waals surface area contributed by atoms with Crippen LogP contribution in [0.4, 0.5) is 21.6 Å². The number of thioether (sulfide) groups is 1. The number of piperazine rings is 1. The zero-order valence-corrected chi connectivity index (χ0v) is 18.2. The van der Waals surface area contributed by atoms with Gasteiger partial charge in [0.1, 0.15) is 10.8 Å². The van der Waals surface area contributed by atoms with Crippen LogP contribution in [0.1, 0.15) is 0 Å². The van der Waals surface area contributed by atoms with Crippen molar-refractivity contribution in [3.05, 3.63) is 71.5 Å². The average molecular weight is 458 g/mol. The maximum Gasteiger partial charge on any atom is 0.234 e. The first kappa shape index (κ1) is 21.4. The van der Waals surface area contributed by atoms with E-state index in [9.17, 15) is 9.18 Å². The van der Waals surface area contributed by atoms with E-state index in [-0.39, 0.29) is 17.5 Å². The molecule has 0 saturated carbocycles. The normalized spacial score (nSPS) is 13.9. The van der Waals surface area contributed by atoms with Crippen molar-refractivity contribution in [1.29, 1.82) is 0 Å². The monoisotopic (exact) mass is 457 g/mol. The highest BCUT2D eigenvalue weighted by molar-refractivity contribution is 7.99. The number of nitrogens with one attached hydrogen (secondary N) is 1. The number of hydrogen-bond acceptors (Lipinski definition) is 6. The molecular weight excluding hydrogens is 437 g/mol. The third kappa shape index (κ3) is 5.86. The molecule has 9 heteroatoms. The van der Waals surface area contributed by atoms with Crippen LogP contribution >= 0.6 is 23.4 Å². The van der Waals surface area contributed by atoms with Gasteiger partial charge in [0, 0.05) is 42.6 Å². The van der Waals surface area contributed by atoms with Gasteiger partial charge in [-0.05, 0) is 54.6 Å². The molecule has 3 aromatic rings. The van der Waals surface area contributed by atoms with Crippen LogP contribution in [0.25, 0.3) is 0 Å². The van der Waals surface area contributed by atoms with Gasteiger partial charge in [-0.3, -0.25) is 4.79 Å². The van der Waals surface area contributed by atoms with Gasteiger partial charge in [0.15, 0.2) is 5.82 Å². The molecule has 1 N–H and O–H groups in total. The minimum absolute atomic E-state index is 0.130. The van der Waals surface area contributed by atoms with E-state index in [1.54, 1.807) is 36.4 Å². The topological polar surface area (TPSA) is 61.4 Å². The van der Waals surface area contributed by atoms with Crippen LogP contribution in [-0.2, 0) is 4.79 Å². The van der Waals surface area contributed by atoms with Gasteiger partial charge in [0.05, 0.1) is 5.75 Å². The van der Waals surface area contributed by atoms with Crippen molar-refractivity contribution >= 4 is 46.5 Å². The van der Waals surface area contributed by atoms with Gasteiger partial charge >= 0.3 is 0 Å². The largest absolute Gasteiger partial charge is 0.368 e. The number of nitrogens with zero attached hydrogens (tertiary/aromatic N) is 4. The summed E-state index contributed by atoms with van der Waals surface area (Å²) in [7, 11) is 0. The SMILES string of the molecule is O=C(CSc1ccc(N2CCN(c3ccc(F)cc3)CC2)nn1)Nc1cccc(Cl)c1. The molecular formula is C22H21ClFN5OS. The molecule has 4 rings (SSSR count). The van der Waals surface area contributed by atoms with Crippen LogP contribution in [0.15, 0.2) is 65.7 Å². The molecule has 1 aromatic heterocycles. The molecule has 0 unspecified atom stereocenters. The fraction of sp³-hybridized carbons (Fsp3) is 0.227. The maximum absolute atomic E-state index is 13.1. The number of aromatic nitrogens is 2. The van der Waals surface area contributed by atoms with E-state index in [1.165, 1.54) is 23.9 Å². The van der Waals surface area contributed by atoms with Crippen LogP contribution in [0.5, 0.6) is 0 Å². The van der Waals surface area contributed by atoms with Crippen LogP contribution in [0, 0.1) is 5.82 Å². The van der Waals surface area contributed by atoms with Crippen molar-refractivity contribution in [2.75, 3.05) is 47.0 Å². The molecule has 0 bridgehead atoms. The lowest BCUT2D eigenvalue weighted by Gasteiger charge is -2.36. The molecule has 31 heavy (non-hydrogen) atoms. The molecule has 160 valence electrons. The number of amides is 1. The van der Waals surface area contributed by atoms with Crippen molar-refractivity contribution < 1.29 is 9.18 Å².